The molecule has 5 N–H and O–H groups in total. The van der Waals surface area contributed by atoms with E-state index >= 15 is 0 Å². The average molecular weight is 286 g/mol. The summed E-state index contributed by atoms with van der Waals surface area (Å²) in [6.45, 7) is 2.06. The van der Waals surface area contributed by atoms with E-state index in [0.29, 0.717) is 17.8 Å². The van der Waals surface area contributed by atoms with Crippen molar-refractivity contribution < 1.29 is 13.2 Å². The maximum absolute atomic E-state index is 11.8. The smallest absolute Gasteiger partial charge is 0.253 e. The van der Waals surface area contributed by atoms with Crippen LogP contribution in [-0.4, -0.2) is 33.2 Å². The van der Waals surface area contributed by atoms with Crippen LogP contribution in [0.25, 0.3) is 0 Å². The first-order chi connectivity index (χ1) is 9.00. The highest BCUT2D eigenvalue weighted by atomic mass is 32.2. The molecule has 0 saturated carbocycles. The molecule has 0 fully saturated rings. The molecule has 0 aliphatic carbocycles. The van der Waals surface area contributed by atoms with E-state index in [-0.39, 0.29) is 18.2 Å². The molecule has 7 nitrogen and oxygen atoms in total. The van der Waals surface area contributed by atoms with Crippen molar-refractivity contribution >= 4 is 21.6 Å². The molecular formula is C11H18N4O3S. The molecule has 0 heterocycles. The number of nitrogens with one attached hydrogen (secondary N) is 3. The van der Waals surface area contributed by atoms with Gasteiger partial charge in [0.2, 0.25) is 10.0 Å². The van der Waals surface area contributed by atoms with Gasteiger partial charge in [0.05, 0.1) is 17.0 Å². The SMILES string of the molecule is CCNS(=O)(=O)CCNC(=O)c1ccccc1NN. The predicted molar refractivity (Wildman–Crippen MR) is 74.0 cm³/mol. The molecule has 0 radical (unpaired) electrons. The van der Waals surface area contributed by atoms with Crippen molar-refractivity contribution in [1.29, 1.82) is 0 Å². The number of hydrogen-bond acceptors (Lipinski definition) is 5. The van der Waals surface area contributed by atoms with E-state index in [1.54, 1.807) is 31.2 Å². The first-order valence-corrected chi connectivity index (χ1v) is 7.46. The second-order valence-corrected chi connectivity index (χ2v) is 5.69. The maximum atomic E-state index is 11.8. The molecule has 0 spiro atoms. The zero-order valence-corrected chi connectivity index (χ0v) is 11.5. The number of carbonyl (C=O) groups excluding carboxylic acids is 1. The van der Waals surface area contributed by atoms with Crippen LogP contribution in [0.5, 0.6) is 0 Å². The quantitative estimate of drug-likeness (QED) is 0.404. The fourth-order valence-electron chi connectivity index (χ4n) is 1.49. The van der Waals surface area contributed by atoms with Gasteiger partial charge in [-0.3, -0.25) is 10.6 Å². The standard InChI is InChI=1S/C11H18N4O3S/c1-2-14-19(17,18)8-7-13-11(16)9-5-3-4-6-10(9)15-12/h3-6,14-15H,2,7-8,12H2,1H3,(H,13,16). The van der Waals surface area contributed by atoms with Crippen LogP contribution in [0.1, 0.15) is 17.3 Å². The lowest BCUT2D eigenvalue weighted by atomic mass is 10.1. The van der Waals surface area contributed by atoms with Gasteiger partial charge in [-0.05, 0) is 12.1 Å². The minimum atomic E-state index is -3.33. The van der Waals surface area contributed by atoms with Crippen molar-refractivity contribution in [2.75, 3.05) is 24.3 Å². The van der Waals surface area contributed by atoms with Crippen LogP contribution >= 0.6 is 0 Å². The Morgan fingerprint density at radius 1 is 1.32 bits per heavy atom. The molecule has 0 aromatic heterocycles. The lowest BCUT2D eigenvalue weighted by Crippen LogP contribution is -2.34. The number of nitrogen functional groups attached to an aromatic ring is 1. The van der Waals surface area contributed by atoms with Gasteiger partial charge in [-0.1, -0.05) is 19.1 Å². The van der Waals surface area contributed by atoms with Gasteiger partial charge in [0.1, 0.15) is 0 Å². The zero-order chi connectivity index (χ0) is 14.3. The van der Waals surface area contributed by atoms with E-state index in [1.165, 1.54) is 0 Å². The van der Waals surface area contributed by atoms with Crippen molar-refractivity contribution in [1.82, 2.24) is 10.0 Å². The fourth-order valence-corrected chi connectivity index (χ4v) is 2.45. The number of benzene rings is 1. The lowest BCUT2D eigenvalue weighted by molar-refractivity contribution is 0.0957. The third-order valence-electron chi connectivity index (χ3n) is 2.35. The lowest BCUT2D eigenvalue weighted by Gasteiger charge is -2.09. The van der Waals surface area contributed by atoms with Crippen LogP contribution in [0.15, 0.2) is 24.3 Å². The highest BCUT2D eigenvalue weighted by Gasteiger charge is 2.12. The van der Waals surface area contributed by atoms with Crippen molar-refractivity contribution in [3.8, 4) is 0 Å². The molecule has 8 heteroatoms. The number of para-hydroxylation sites is 1. The summed E-state index contributed by atoms with van der Waals surface area (Å²) in [5.41, 5.74) is 3.26. The minimum Gasteiger partial charge on any atom is -0.351 e. The molecular weight excluding hydrogens is 268 g/mol. The maximum Gasteiger partial charge on any atom is 0.253 e. The van der Waals surface area contributed by atoms with Gasteiger partial charge in [0.15, 0.2) is 0 Å². The molecule has 0 unspecified atom stereocenters. The number of rotatable bonds is 7. The van der Waals surface area contributed by atoms with Crippen LogP contribution in [0.4, 0.5) is 5.69 Å². The normalized spacial score (nSPS) is 11.1. The largest absolute Gasteiger partial charge is 0.351 e. The summed E-state index contributed by atoms with van der Waals surface area (Å²) < 4.78 is 25.1. The Labute approximate surface area is 112 Å². The summed E-state index contributed by atoms with van der Waals surface area (Å²) >= 11 is 0. The van der Waals surface area contributed by atoms with Crippen LogP contribution in [0.2, 0.25) is 0 Å². The second-order valence-electron chi connectivity index (χ2n) is 3.76. The Kier molecular flexibility index (Phi) is 5.74. The van der Waals surface area contributed by atoms with Crippen molar-refractivity contribution in [3.63, 3.8) is 0 Å². The Bertz CT molecular complexity index is 530. The van der Waals surface area contributed by atoms with Crippen molar-refractivity contribution in [2.24, 2.45) is 5.84 Å². The molecule has 1 aromatic rings. The Hall–Kier alpha value is -1.64. The Balaban J connectivity index is 2.57. The van der Waals surface area contributed by atoms with E-state index in [1.807, 2.05) is 0 Å². The molecule has 1 rings (SSSR count). The average Bonchev–Trinajstić information content (AvgIpc) is 2.38. The number of nitrogens with two attached hydrogens (primary N) is 1. The van der Waals surface area contributed by atoms with E-state index in [4.69, 9.17) is 5.84 Å². The van der Waals surface area contributed by atoms with Crippen LogP contribution in [0, 0.1) is 0 Å². The molecule has 0 aliphatic rings. The van der Waals surface area contributed by atoms with Crippen molar-refractivity contribution in [3.05, 3.63) is 29.8 Å². The Morgan fingerprint density at radius 2 is 2.00 bits per heavy atom. The number of anilines is 1. The summed E-state index contributed by atoms with van der Waals surface area (Å²) in [6.07, 6.45) is 0. The summed E-state index contributed by atoms with van der Waals surface area (Å²) in [5, 5.41) is 2.53. The third kappa shape index (κ3) is 4.86. The van der Waals surface area contributed by atoms with Crippen LogP contribution < -0.4 is 21.3 Å². The van der Waals surface area contributed by atoms with E-state index in [0.717, 1.165) is 0 Å². The van der Waals surface area contributed by atoms with E-state index < -0.39 is 10.0 Å². The predicted octanol–water partition coefficient (Wildman–Crippen LogP) is -0.359. The monoisotopic (exact) mass is 286 g/mol. The summed E-state index contributed by atoms with van der Waals surface area (Å²) in [6, 6.07) is 6.69. The number of amides is 1. The highest BCUT2D eigenvalue weighted by molar-refractivity contribution is 7.89. The molecule has 19 heavy (non-hydrogen) atoms. The van der Waals surface area contributed by atoms with Gasteiger partial charge in [-0.2, -0.15) is 0 Å². The second kappa shape index (κ2) is 7.07. The molecule has 0 saturated heterocycles. The summed E-state index contributed by atoms with van der Waals surface area (Å²) in [5.74, 6) is 4.75. The van der Waals surface area contributed by atoms with Gasteiger partial charge in [0, 0.05) is 13.1 Å². The molecule has 0 aliphatic heterocycles. The van der Waals surface area contributed by atoms with Gasteiger partial charge in [-0.25, -0.2) is 13.1 Å². The number of hydrogen-bond donors (Lipinski definition) is 4. The minimum absolute atomic E-state index is 0.0348. The first kappa shape index (κ1) is 15.4. The van der Waals surface area contributed by atoms with E-state index in [9.17, 15) is 13.2 Å². The number of carbonyl (C=O) groups is 1. The fraction of sp³-hybridized carbons (Fsp3) is 0.364. The summed E-state index contributed by atoms with van der Waals surface area (Å²) in [7, 11) is -3.33. The first-order valence-electron chi connectivity index (χ1n) is 5.81. The van der Waals surface area contributed by atoms with Gasteiger partial charge in [0.25, 0.3) is 5.91 Å². The number of sulfonamides is 1. The highest BCUT2D eigenvalue weighted by Crippen LogP contribution is 2.12. The van der Waals surface area contributed by atoms with Gasteiger partial charge in [-0.15, -0.1) is 0 Å². The molecule has 1 aromatic carbocycles. The Morgan fingerprint density at radius 3 is 2.63 bits per heavy atom. The van der Waals surface area contributed by atoms with Crippen LogP contribution in [0.3, 0.4) is 0 Å². The number of hydrazine groups is 1. The summed E-state index contributed by atoms with van der Waals surface area (Å²) in [4.78, 5) is 11.8. The molecule has 106 valence electrons. The molecule has 1 amide bonds. The molecule has 0 atom stereocenters. The van der Waals surface area contributed by atoms with Gasteiger partial charge >= 0.3 is 0 Å². The van der Waals surface area contributed by atoms with Crippen molar-refractivity contribution in [2.45, 2.75) is 6.92 Å². The zero-order valence-electron chi connectivity index (χ0n) is 10.6. The third-order valence-corrected chi connectivity index (χ3v) is 3.82. The van der Waals surface area contributed by atoms with Gasteiger partial charge < -0.3 is 10.7 Å². The van der Waals surface area contributed by atoms with Crippen LogP contribution in [-0.2, 0) is 10.0 Å². The molecule has 0 bridgehead atoms. The van der Waals surface area contributed by atoms with E-state index in [2.05, 4.69) is 15.5 Å². The topological polar surface area (TPSA) is 113 Å².